The van der Waals surface area contributed by atoms with Crippen LogP contribution < -0.4 is 0 Å². The van der Waals surface area contributed by atoms with E-state index in [0.29, 0.717) is 5.06 Å². The van der Waals surface area contributed by atoms with Gasteiger partial charge in [-0.2, -0.15) is 5.06 Å². The third kappa shape index (κ3) is 1.98. The predicted molar refractivity (Wildman–Crippen MR) is 49.7 cm³/mol. The largest absolute Gasteiger partial charge is 0.280 e. The Hall–Kier alpha value is -1.23. The zero-order valence-corrected chi connectivity index (χ0v) is 8.30. The molecular weight excluding hydrogens is 184 g/mol. The van der Waals surface area contributed by atoms with Gasteiger partial charge in [0.1, 0.15) is 12.3 Å². The average Bonchev–Trinajstić information content (AvgIpc) is 2.13. The average molecular weight is 198 g/mol. The molecule has 0 aromatic heterocycles. The van der Waals surface area contributed by atoms with E-state index in [1.54, 1.807) is 0 Å². The van der Waals surface area contributed by atoms with Crippen molar-refractivity contribution in [1.82, 2.24) is 5.06 Å². The third-order valence-corrected chi connectivity index (χ3v) is 2.37. The van der Waals surface area contributed by atoms with Crippen LogP contribution in [0.15, 0.2) is 4.99 Å². The fourth-order valence-electron chi connectivity index (χ4n) is 1.61. The Bertz CT molecular complexity index is 275. The van der Waals surface area contributed by atoms with Crippen LogP contribution in [0.1, 0.15) is 26.7 Å². The number of amides is 2. The Morgan fingerprint density at radius 3 is 2.86 bits per heavy atom. The van der Waals surface area contributed by atoms with Crippen molar-refractivity contribution in [3.05, 3.63) is 0 Å². The highest BCUT2D eigenvalue weighted by molar-refractivity contribution is 6.09. The van der Waals surface area contributed by atoms with Crippen LogP contribution in [0.3, 0.4) is 0 Å². The van der Waals surface area contributed by atoms with Crippen LogP contribution in [0.25, 0.3) is 0 Å². The molecule has 14 heavy (non-hydrogen) atoms. The smallest absolute Gasteiger partial charge is 0.264 e. The summed E-state index contributed by atoms with van der Waals surface area (Å²) >= 11 is 0. The SMILES string of the molecule is CCCC(C)C1C(=O)N=CN(O)C1=O. The second-order valence-electron chi connectivity index (χ2n) is 3.51. The minimum atomic E-state index is -0.815. The number of hydroxylamine groups is 2. The van der Waals surface area contributed by atoms with Gasteiger partial charge < -0.3 is 0 Å². The van der Waals surface area contributed by atoms with E-state index >= 15 is 0 Å². The summed E-state index contributed by atoms with van der Waals surface area (Å²) < 4.78 is 0. The molecule has 0 fully saturated rings. The van der Waals surface area contributed by atoms with Crippen LogP contribution >= 0.6 is 0 Å². The standard InChI is InChI=1S/C9H14N2O3/c1-3-4-6(2)7-8(12)10-5-11(14)9(7)13/h5-7,14H,3-4H2,1-2H3. The Balaban J connectivity index is 2.80. The molecule has 2 unspecified atom stereocenters. The second-order valence-corrected chi connectivity index (χ2v) is 3.51. The van der Waals surface area contributed by atoms with Gasteiger partial charge in [-0.15, -0.1) is 0 Å². The summed E-state index contributed by atoms with van der Waals surface area (Å²) in [6.07, 6.45) is 2.51. The van der Waals surface area contributed by atoms with E-state index in [9.17, 15) is 9.59 Å². The van der Waals surface area contributed by atoms with E-state index < -0.39 is 17.7 Å². The minimum Gasteiger partial charge on any atom is -0.280 e. The summed E-state index contributed by atoms with van der Waals surface area (Å²) in [5.41, 5.74) is 0. The van der Waals surface area contributed by atoms with Crippen molar-refractivity contribution in [2.75, 3.05) is 0 Å². The normalized spacial score (nSPS) is 24.2. The van der Waals surface area contributed by atoms with E-state index in [-0.39, 0.29) is 5.92 Å². The molecule has 0 spiro atoms. The molecule has 0 radical (unpaired) electrons. The van der Waals surface area contributed by atoms with Gasteiger partial charge in [-0.3, -0.25) is 14.8 Å². The quantitative estimate of drug-likeness (QED) is 0.539. The molecule has 1 aliphatic heterocycles. The zero-order chi connectivity index (χ0) is 10.7. The van der Waals surface area contributed by atoms with Crippen molar-refractivity contribution in [1.29, 1.82) is 0 Å². The van der Waals surface area contributed by atoms with E-state index in [4.69, 9.17) is 5.21 Å². The van der Waals surface area contributed by atoms with Gasteiger partial charge in [-0.05, 0) is 12.3 Å². The first-order valence-corrected chi connectivity index (χ1v) is 4.68. The molecule has 0 aromatic rings. The fourth-order valence-corrected chi connectivity index (χ4v) is 1.61. The van der Waals surface area contributed by atoms with Crippen molar-refractivity contribution >= 4 is 18.2 Å². The number of rotatable bonds is 3. The van der Waals surface area contributed by atoms with Gasteiger partial charge in [0.2, 0.25) is 0 Å². The van der Waals surface area contributed by atoms with E-state index in [1.807, 2.05) is 13.8 Å². The number of hydrogen-bond donors (Lipinski definition) is 1. The summed E-state index contributed by atoms with van der Waals surface area (Å²) in [5.74, 6) is -1.93. The fraction of sp³-hybridized carbons (Fsp3) is 0.667. The summed E-state index contributed by atoms with van der Waals surface area (Å²) in [6.45, 7) is 3.80. The first-order valence-electron chi connectivity index (χ1n) is 4.68. The van der Waals surface area contributed by atoms with Crippen molar-refractivity contribution in [3.8, 4) is 0 Å². The van der Waals surface area contributed by atoms with Crippen LogP contribution in [-0.2, 0) is 9.59 Å². The number of carbonyl (C=O) groups excluding carboxylic acids is 2. The van der Waals surface area contributed by atoms with Crippen molar-refractivity contribution in [2.24, 2.45) is 16.8 Å². The van der Waals surface area contributed by atoms with Crippen LogP contribution in [0.5, 0.6) is 0 Å². The molecule has 0 aliphatic carbocycles. The Kier molecular flexibility index (Phi) is 3.35. The molecular formula is C9H14N2O3. The molecule has 0 saturated heterocycles. The van der Waals surface area contributed by atoms with Gasteiger partial charge in [0, 0.05) is 0 Å². The Morgan fingerprint density at radius 2 is 2.29 bits per heavy atom. The molecule has 1 aliphatic rings. The van der Waals surface area contributed by atoms with Gasteiger partial charge in [-0.1, -0.05) is 20.3 Å². The van der Waals surface area contributed by atoms with Gasteiger partial charge in [-0.25, -0.2) is 4.99 Å². The molecule has 1 N–H and O–H groups in total. The molecule has 0 saturated carbocycles. The highest BCUT2D eigenvalue weighted by Gasteiger charge is 2.36. The lowest BCUT2D eigenvalue weighted by Crippen LogP contribution is -2.43. The van der Waals surface area contributed by atoms with E-state index in [0.717, 1.165) is 19.2 Å². The maximum absolute atomic E-state index is 11.4. The van der Waals surface area contributed by atoms with Crippen molar-refractivity contribution in [2.45, 2.75) is 26.7 Å². The Morgan fingerprint density at radius 1 is 1.64 bits per heavy atom. The van der Waals surface area contributed by atoms with E-state index in [1.165, 1.54) is 0 Å². The topological polar surface area (TPSA) is 70.0 Å². The first-order chi connectivity index (χ1) is 6.57. The monoisotopic (exact) mass is 198 g/mol. The highest BCUT2D eigenvalue weighted by atomic mass is 16.5. The lowest BCUT2D eigenvalue weighted by Gasteiger charge is -2.24. The number of carbonyl (C=O) groups is 2. The molecule has 0 aromatic carbocycles. The minimum absolute atomic E-state index is 0.0768. The molecule has 2 amide bonds. The molecule has 1 heterocycles. The zero-order valence-electron chi connectivity index (χ0n) is 8.30. The molecule has 5 heteroatoms. The lowest BCUT2D eigenvalue weighted by atomic mass is 9.88. The summed E-state index contributed by atoms with van der Waals surface area (Å²) in [4.78, 5) is 26.2. The van der Waals surface area contributed by atoms with Gasteiger partial charge in [0.15, 0.2) is 0 Å². The molecule has 1 rings (SSSR count). The number of hydrogen-bond acceptors (Lipinski definition) is 3. The molecule has 0 bridgehead atoms. The number of aliphatic imine (C=N–C) groups is 1. The number of nitrogens with zero attached hydrogens (tertiary/aromatic N) is 2. The molecule has 78 valence electrons. The van der Waals surface area contributed by atoms with Gasteiger partial charge in [0.25, 0.3) is 11.8 Å². The predicted octanol–water partition coefficient (Wildman–Crippen LogP) is 0.825. The summed E-state index contributed by atoms with van der Waals surface area (Å²) in [7, 11) is 0. The highest BCUT2D eigenvalue weighted by Crippen LogP contribution is 2.22. The lowest BCUT2D eigenvalue weighted by molar-refractivity contribution is -0.160. The van der Waals surface area contributed by atoms with Gasteiger partial charge in [0.05, 0.1) is 0 Å². The third-order valence-electron chi connectivity index (χ3n) is 2.37. The van der Waals surface area contributed by atoms with Crippen molar-refractivity contribution < 1.29 is 14.8 Å². The van der Waals surface area contributed by atoms with Crippen molar-refractivity contribution in [3.63, 3.8) is 0 Å². The van der Waals surface area contributed by atoms with E-state index in [2.05, 4.69) is 4.99 Å². The Labute approximate surface area is 82.4 Å². The molecule has 5 nitrogen and oxygen atoms in total. The summed E-state index contributed by atoms with van der Waals surface area (Å²) in [5, 5.41) is 9.45. The van der Waals surface area contributed by atoms with Crippen LogP contribution in [-0.4, -0.2) is 28.4 Å². The first kappa shape index (κ1) is 10.8. The second kappa shape index (κ2) is 4.32. The van der Waals surface area contributed by atoms with Crippen LogP contribution in [0, 0.1) is 11.8 Å². The summed E-state index contributed by atoms with van der Waals surface area (Å²) in [6, 6.07) is 0. The van der Waals surface area contributed by atoms with Crippen LogP contribution in [0.4, 0.5) is 0 Å². The maximum Gasteiger partial charge on any atom is 0.264 e. The maximum atomic E-state index is 11.4. The molecule has 2 atom stereocenters. The van der Waals surface area contributed by atoms with Gasteiger partial charge >= 0.3 is 0 Å². The van der Waals surface area contributed by atoms with Crippen LogP contribution in [0.2, 0.25) is 0 Å².